The highest BCUT2D eigenvalue weighted by molar-refractivity contribution is 6.35. The van der Waals surface area contributed by atoms with Gasteiger partial charge in [-0.1, -0.05) is 35.3 Å². The molecule has 2 aromatic heterocycles. The Morgan fingerprint density at radius 3 is 2.59 bits per heavy atom. The molecule has 1 aliphatic heterocycles. The molecule has 0 spiro atoms. The molecule has 172 valence electrons. The van der Waals surface area contributed by atoms with Crippen LogP contribution in [0, 0.1) is 0 Å². The number of carbonyl (C=O) groups is 1. The van der Waals surface area contributed by atoms with E-state index in [1.807, 2.05) is 61.5 Å². The van der Waals surface area contributed by atoms with Crippen molar-refractivity contribution in [3.05, 3.63) is 76.5 Å². The fourth-order valence-corrected chi connectivity index (χ4v) is 4.63. The first kappa shape index (κ1) is 22.3. The van der Waals surface area contributed by atoms with Crippen molar-refractivity contribution in [2.45, 2.75) is 0 Å². The SMILES string of the molecule is CN(C)c1c(C(=O)NN2CCOc3ccccc32)cnc2c(-c3cc(Cl)cc(Cl)c3)ccnc12. The Kier molecular flexibility index (Phi) is 5.89. The lowest BCUT2D eigenvalue weighted by molar-refractivity contribution is 0.0945. The predicted molar refractivity (Wildman–Crippen MR) is 136 cm³/mol. The van der Waals surface area contributed by atoms with E-state index in [-0.39, 0.29) is 5.91 Å². The minimum Gasteiger partial charge on any atom is -0.489 e. The number of fused-ring (bicyclic) bond motifs is 2. The zero-order chi connectivity index (χ0) is 23.8. The maximum absolute atomic E-state index is 13.4. The summed E-state index contributed by atoms with van der Waals surface area (Å²) in [7, 11) is 3.75. The molecular weight excluding hydrogens is 473 g/mol. The third-order valence-corrected chi connectivity index (χ3v) is 5.99. The monoisotopic (exact) mass is 493 g/mol. The average Bonchev–Trinajstić information content (AvgIpc) is 2.82. The van der Waals surface area contributed by atoms with Crippen LogP contribution in [0.1, 0.15) is 10.4 Å². The van der Waals surface area contributed by atoms with E-state index in [0.717, 1.165) is 22.6 Å². The number of nitrogens with one attached hydrogen (secondary N) is 1. The number of nitrogens with zero attached hydrogens (tertiary/aromatic N) is 4. The molecule has 4 aromatic rings. The standard InChI is InChI=1S/C25H21Cl2N5O2/c1-31(2)24-19(25(33)30-32-9-10-34-21-6-4-3-5-20(21)32)14-29-22-18(7-8-28-23(22)24)15-11-16(26)13-17(27)12-15/h3-8,11-14H,9-10H2,1-2H3,(H,30,33). The maximum atomic E-state index is 13.4. The highest BCUT2D eigenvalue weighted by Crippen LogP contribution is 2.35. The number of ether oxygens (including phenoxy) is 1. The fraction of sp³-hybridized carbons (Fsp3) is 0.160. The Hall–Kier alpha value is -3.55. The number of pyridine rings is 2. The molecule has 5 rings (SSSR count). The maximum Gasteiger partial charge on any atom is 0.273 e. The smallest absolute Gasteiger partial charge is 0.273 e. The molecule has 7 nitrogen and oxygen atoms in total. The third kappa shape index (κ3) is 4.08. The normalized spacial score (nSPS) is 12.8. The highest BCUT2D eigenvalue weighted by atomic mass is 35.5. The minimum absolute atomic E-state index is 0.284. The summed E-state index contributed by atoms with van der Waals surface area (Å²) in [4.78, 5) is 24.5. The number of para-hydroxylation sites is 2. The summed E-state index contributed by atoms with van der Waals surface area (Å²) in [5, 5.41) is 2.85. The van der Waals surface area contributed by atoms with Gasteiger partial charge in [-0.25, -0.2) is 0 Å². The second-order valence-electron chi connectivity index (χ2n) is 8.04. The Balaban J connectivity index is 1.58. The van der Waals surface area contributed by atoms with Crippen LogP contribution in [0.15, 0.2) is 60.9 Å². The molecule has 0 atom stereocenters. The number of benzene rings is 2. The fourth-order valence-electron chi connectivity index (χ4n) is 4.11. The van der Waals surface area contributed by atoms with Crippen molar-refractivity contribution in [2.24, 2.45) is 0 Å². The molecule has 0 radical (unpaired) electrons. The topological polar surface area (TPSA) is 70.6 Å². The van der Waals surface area contributed by atoms with Crippen molar-refractivity contribution in [2.75, 3.05) is 37.2 Å². The minimum atomic E-state index is -0.284. The van der Waals surface area contributed by atoms with Gasteiger partial charge in [-0.15, -0.1) is 0 Å². The van der Waals surface area contributed by atoms with E-state index < -0.39 is 0 Å². The largest absolute Gasteiger partial charge is 0.489 e. The summed E-state index contributed by atoms with van der Waals surface area (Å²) in [5.74, 6) is 0.442. The van der Waals surface area contributed by atoms with Gasteiger partial charge in [0, 0.05) is 42.1 Å². The van der Waals surface area contributed by atoms with Gasteiger partial charge in [0.25, 0.3) is 5.91 Å². The van der Waals surface area contributed by atoms with Crippen LogP contribution in [0.5, 0.6) is 5.75 Å². The van der Waals surface area contributed by atoms with Gasteiger partial charge in [0.2, 0.25) is 0 Å². The first-order chi connectivity index (χ1) is 16.4. The van der Waals surface area contributed by atoms with Crippen molar-refractivity contribution in [3.63, 3.8) is 0 Å². The number of carbonyl (C=O) groups excluding carboxylic acids is 1. The first-order valence-corrected chi connectivity index (χ1v) is 11.4. The lowest BCUT2D eigenvalue weighted by Gasteiger charge is -2.31. The van der Waals surface area contributed by atoms with E-state index >= 15 is 0 Å². The summed E-state index contributed by atoms with van der Waals surface area (Å²) in [6.45, 7) is 1.000. The van der Waals surface area contributed by atoms with Crippen molar-refractivity contribution < 1.29 is 9.53 Å². The molecule has 0 saturated carbocycles. The predicted octanol–water partition coefficient (Wildman–Crippen LogP) is 5.21. The van der Waals surface area contributed by atoms with E-state index in [1.165, 1.54) is 0 Å². The Morgan fingerprint density at radius 2 is 1.82 bits per heavy atom. The van der Waals surface area contributed by atoms with Gasteiger partial charge in [-0.3, -0.25) is 25.2 Å². The summed E-state index contributed by atoms with van der Waals surface area (Å²) < 4.78 is 5.69. The number of anilines is 2. The van der Waals surface area contributed by atoms with Crippen molar-refractivity contribution in [1.82, 2.24) is 15.4 Å². The average molecular weight is 494 g/mol. The van der Waals surface area contributed by atoms with Crippen molar-refractivity contribution in [1.29, 1.82) is 0 Å². The molecule has 0 unspecified atom stereocenters. The number of rotatable bonds is 4. The number of hydrogen-bond acceptors (Lipinski definition) is 6. The van der Waals surface area contributed by atoms with Gasteiger partial charge in [0.05, 0.1) is 29.0 Å². The molecule has 0 aliphatic carbocycles. The molecular formula is C25H21Cl2N5O2. The second kappa shape index (κ2) is 9.00. The molecule has 0 saturated heterocycles. The zero-order valence-electron chi connectivity index (χ0n) is 18.5. The lowest BCUT2D eigenvalue weighted by Crippen LogP contribution is -2.47. The van der Waals surface area contributed by atoms with E-state index in [0.29, 0.717) is 45.5 Å². The number of hydrogen-bond donors (Lipinski definition) is 1. The number of hydrazine groups is 1. The third-order valence-electron chi connectivity index (χ3n) is 5.56. The van der Waals surface area contributed by atoms with Gasteiger partial charge in [0.1, 0.15) is 17.9 Å². The van der Waals surface area contributed by atoms with E-state index in [1.54, 1.807) is 23.5 Å². The molecule has 2 aromatic carbocycles. The molecule has 1 aliphatic rings. The Labute approximate surface area is 206 Å². The van der Waals surface area contributed by atoms with E-state index in [9.17, 15) is 4.79 Å². The molecule has 0 fully saturated rings. The van der Waals surface area contributed by atoms with Crippen LogP contribution < -0.4 is 20.1 Å². The van der Waals surface area contributed by atoms with Crippen LogP contribution in [-0.2, 0) is 0 Å². The van der Waals surface area contributed by atoms with Gasteiger partial charge in [-0.2, -0.15) is 0 Å². The number of aromatic nitrogens is 2. The van der Waals surface area contributed by atoms with Gasteiger partial charge in [-0.05, 0) is 42.0 Å². The van der Waals surface area contributed by atoms with Gasteiger partial charge < -0.3 is 9.64 Å². The van der Waals surface area contributed by atoms with Crippen LogP contribution >= 0.6 is 23.2 Å². The van der Waals surface area contributed by atoms with Gasteiger partial charge >= 0.3 is 0 Å². The number of amides is 1. The molecule has 3 heterocycles. The Bertz CT molecular complexity index is 1390. The van der Waals surface area contributed by atoms with Crippen molar-refractivity contribution in [3.8, 4) is 16.9 Å². The molecule has 1 amide bonds. The Morgan fingerprint density at radius 1 is 1.06 bits per heavy atom. The summed E-state index contributed by atoms with van der Waals surface area (Å²) in [6, 6.07) is 14.8. The quantitative estimate of drug-likeness (QED) is 0.420. The van der Waals surface area contributed by atoms with Crippen molar-refractivity contribution >= 4 is 51.5 Å². The highest BCUT2D eigenvalue weighted by Gasteiger charge is 2.24. The first-order valence-electron chi connectivity index (χ1n) is 10.6. The van der Waals surface area contributed by atoms with E-state index in [2.05, 4.69) is 15.4 Å². The summed E-state index contributed by atoms with van der Waals surface area (Å²) >= 11 is 12.5. The summed E-state index contributed by atoms with van der Waals surface area (Å²) in [6.07, 6.45) is 3.28. The number of halogens is 2. The summed E-state index contributed by atoms with van der Waals surface area (Å²) in [5.41, 5.74) is 7.79. The molecule has 9 heteroatoms. The lowest BCUT2D eigenvalue weighted by atomic mass is 10.0. The van der Waals surface area contributed by atoms with Crippen LogP contribution in [0.3, 0.4) is 0 Å². The van der Waals surface area contributed by atoms with Crippen LogP contribution in [0.4, 0.5) is 11.4 Å². The molecule has 0 bridgehead atoms. The zero-order valence-corrected chi connectivity index (χ0v) is 20.1. The molecule has 1 N–H and O–H groups in total. The second-order valence-corrected chi connectivity index (χ2v) is 8.91. The van der Waals surface area contributed by atoms with Crippen LogP contribution in [0.2, 0.25) is 10.0 Å². The van der Waals surface area contributed by atoms with Gasteiger partial charge in [0.15, 0.2) is 0 Å². The van der Waals surface area contributed by atoms with Crippen LogP contribution in [-0.4, -0.2) is 43.1 Å². The molecule has 34 heavy (non-hydrogen) atoms. The van der Waals surface area contributed by atoms with E-state index in [4.69, 9.17) is 27.9 Å². The van der Waals surface area contributed by atoms with Crippen LogP contribution in [0.25, 0.3) is 22.2 Å².